The van der Waals surface area contributed by atoms with Gasteiger partial charge in [0.1, 0.15) is 5.69 Å². The minimum absolute atomic E-state index is 0.220. The van der Waals surface area contributed by atoms with Crippen molar-refractivity contribution in [2.75, 3.05) is 0 Å². The van der Waals surface area contributed by atoms with Crippen LogP contribution in [-0.2, 0) is 0 Å². The molecule has 4 heteroatoms. The molecule has 1 heterocycles. The highest BCUT2D eigenvalue weighted by Crippen LogP contribution is 1.94. The van der Waals surface area contributed by atoms with E-state index in [2.05, 4.69) is 4.98 Å². The van der Waals surface area contributed by atoms with Crippen molar-refractivity contribution in [3.8, 4) is 0 Å². The summed E-state index contributed by atoms with van der Waals surface area (Å²) in [5.41, 5.74) is 0.0408. The van der Waals surface area contributed by atoms with Crippen LogP contribution in [0.15, 0.2) is 4.79 Å². The van der Waals surface area contributed by atoms with Gasteiger partial charge in [-0.3, -0.25) is 9.78 Å². The van der Waals surface area contributed by atoms with Gasteiger partial charge in [0.15, 0.2) is 0 Å². The fourth-order valence-corrected chi connectivity index (χ4v) is 0.632. The van der Waals surface area contributed by atoms with Gasteiger partial charge in [-0.05, 0) is 13.8 Å². The number of aromatic amines is 1. The molecule has 0 saturated heterocycles. The molecule has 0 saturated carbocycles. The first-order valence-electron chi connectivity index (χ1n) is 2.84. The van der Waals surface area contributed by atoms with E-state index in [1.54, 1.807) is 0 Å². The van der Waals surface area contributed by atoms with Gasteiger partial charge in [0, 0.05) is 0 Å². The lowest BCUT2D eigenvalue weighted by Gasteiger charge is -1.94. The second kappa shape index (κ2) is 2.21. The first-order valence-corrected chi connectivity index (χ1v) is 2.84. The Morgan fingerprint density at radius 1 is 1.40 bits per heavy atom. The van der Waals surface area contributed by atoms with Gasteiger partial charge in [-0.25, -0.2) is 4.98 Å². The van der Waals surface area contributed by atoms with E-state index >= 15 is 0 Å². The molecule has 0 spiro atoms. The summed E-state index contributed by atoms with van der Waals surface area (Å²) in [6.07, 6.45) is 0. The second-order valence-corrected chi connectivity index (χ2v) is 2.05. The van der Waals surface area contributed by atoms with E-state index in [0.717, 1.165) is 0 Å². The minimum Gasteiger partial charge on any atom is -0.296 e. The Bertz CT molecular complexity index is 305. The van der Waals surface area contributed by atoms with Gasteiger partial charge < -0.3 is 0 Å². The Hall–Kier alpha value is -1.19. The molecule has 54 valence electrons. The Labute approximate surface area is 56.9 Å². The van der Waals surface area contributed by atoms with Crippen molar-refractivity contribution < 1.29 is 4.39 Å². The third-order valence-corrected chi connectivity index (χ3v) is 1.20. The molecule has 0 aliphatic heterocycles. The van der Waals surface area contributed by atoms with E-state index in [9.17, 15) is 9.18 Å². The molecule has 10 heavy (non-hydrogen) atoms. The van der Waals surface area contributed by atoms with E-state index in [-0.39, 0.29) is 5.69 Å². The number of nitrogens with zero attached hydrogens (tertiary/aromatic N) is 1. The number of hydrogen-bond acceptors (Lipinski definition) is 2. The second-order valence-electron chi connectivity index (χ2n) is 2.05. The normalized spacial score (nSPS) is 9.90. The Morgan fingerprint density at radius 3 is 2.50 bits per heavy atom. The molecule has 0 fully saturated rings. The summed E-state index contributed by atoms with van der Waals surface area (Å²) in [5, 5.41) is 0. The van der Waals surface area contributed by atoms with E-state index in [4.69, 9.17) is 0 Å². The summed E-state index contributed by atoms with van der Waals surface area (Å²) in [5.74, 6) is -0.657. The standard InChI is InChI=1S/C6H7FN2O/c1-3-5(7)9-6(10)4(2)8-3/h1-2H3,(H,9,10). The highest BCUT2D eigenvalue weighted by molar-refractivity contribution is 5.01. The lowest BCUT2D eigenvalue weighted by Crippen LogP contribution is -2.14. The Balaban J connectivity index is 3.43. The fraction of sp³-hybridized carbons (Fsp3) is 0.333. The Morgan fingerprint density at radius 2 is 2.00 bits per heavy atom. The average Bonchev–Trinajstić information content (AvgIpc) is 1.84. The maximum Gasteiger partial charge on any atom is 0.271 e. The Kier molecular flexibility index (Phi) is 1.53. The van der Waals surface area contributed by atoms with Crippen molar-refractivity contribution in [1.29, 1.82) is 0 Å². The summed E-state index contributed by atoms with van der Waals surface area (Å²) >= 11 is 0. The molecule has 0 aliphatic carbocycles. The van der Waals surface area contributed by atoms with Crippen molar-refractivity contribution >= 4 is 0 Å². The van der Waals surface area contributed by atoms with Crippen molar-refractivity contribution in [3.63, 3.8) is 0 Å². The van der Waals surface area contributed by atoms with Crippen LogP contribution in [0.1, 0.15) is 11.4 Å². The van der Waals surface area contributed by atoms with Crippen molar-refractivity contribution in [3.05, 3.63) is 27.7 Å². The molecule has 1 aromatic heterocycles. The van der Waals surface area contributed by atoms with Crippen LogP contribution in [-0.4, -0.2) is 9.97 Å². The molecule has 3 nitrogen and oxygen atoms in total. The van der Waals surface area contributed by atoms with Crippen LogP contribution in [0.2, 0.25) is 0 Å². The van der Waals surface area contributed by atoms with Gasteiger partial charge in [0.25, 0.3) is 5.56 Å². The van der Waals surface area contributed by atoms with Gasteiger partial charge in [-0.15, -0.1) is 0 Å². The van der Waals surface area contributed by atoms with Gasteiger partial charge in [0.05, 0.1) is 5.69 Å². The van der Waals surface area contributed by atoms with Crippen LogP contribution in [0.5, 0.6) is 0 Å². The van der Waals surface area contributed by atoms with Crippen LogP contribution in [0.25, 0.3) is 0 Å². The number of aromatic nitrogens is 2. The van der Waals surface area contributed by atoms with E-state index in [1.165, 1.54) is 13.8 Å². The number of rotatable bonds is 0. The van der Waals surface area contributed by atoms with Crippen LogP contribution >= 0.6 is 0 Å². The quantitative estimate of drug-likeness (QED) is 0.574. The van der Waals surface area contributed by atoms with Crippen LogP contribution in [0.4, 0.5) is 4.39 Å². The summed E-state index contributed by atoms with van der Waals surface area (Å²) in [6.45, 7) is 3.03. The van der Waals surface area contributed by atoms with Gasteiger partial charge >= 0.3 is 0 Å². The predicted octanol–water partition coefficient (Wildman–Crippen LogP) is 0.526. The number of H-pyrrole nitrogens is 1. The highest BCUT2D eigenvalue weighted by Gasteiger charge is 2.00. The van der Waals surface area contributed by atoms with E-state index in [1.807, 2.05) is 4.98 Å². The monoisotopic (exact) mass is 142 g/mol. The maximum absolute atomic E-state index is 12.4. The lowest BCUT2D eigenvalue weighted by atomic mass is 10.4. The van der Waals surface area contributed by atoms with Gasteiger partial charge in [-0.2, -0.15) is 4.39 Å². The third-order valence-electron chi connectivity index (χ3n) is 1.20. The first kappa shape index (κ1) is 6.92. The van der Waals surface area contributed by atoms with Gasteiger partial charge in [0.2, 0.25) is 5.95 Å². The fourth-order valence-electron chi connectivity index (χ4n) is 0.632. The molecule has 1 rings (SSSR count). The number of hydrogen-bond donors (Lipinski definition) is 1. The van der Waals surface area contributed by atoms with E-state index in [0.29, 0.717) is 5.69 Å². The van der Waals surface area contributed by atoms with Crippen molar-refractivity contribution in [1.82, 2.24) is 9.97 Å². The molecule has 0 bridgehead atoms. The van der Waals surface area contributed by atoms with Crippen molar-refractivity contribution in [2.45, 2.75) is 13.8 Å². The zero-order valence-corrected chi connectivity index (χ0v) is 5.73. The number of nitrogens with one attached hydrogen (secondary N) is 1. The highest BCUT2D eigenvalue weighted by atomic mass is 19.1. The molecular formula is C6H7FN2O. The average molecular weight is 142 g/mol. The third kappa shape index (κ3) is 1.05. The lowest BCUT2D eigenvalue weighted by molar-refractivity contribution is 0.557. The summed E-state index contributed by atoms with van der Waals surface area (Å²) in [7, 11) is 0. The van der Waals surface area contributed by atoms with Crippen LogP contribution in [0.3, 0.4) is 0 Å². The molecule has 0 unspecified atom stereocenters. The topological polar surface area (TPSA) is 45.8 Å². The zero-order chi connectivity index (χ0) is 7.72. The number of halogens is 1. The molecular weight excluding hydrogens is 135 g/mol. The smallest absolute Gasteiger partial charge is 0.271 e. The van der Waals surface area contributed by atoms with E-state index < -0.39 is 11.5 Å². The summed E-state index contributed by atoms with van der Waals surface area (Å²) < 4.78 is 12.4. The van der Waals surface area contributed by atoms with Crippen molar-refractivity contribution in [2.24, 2.45) is 0 Å². The zero-order valence-electron chi connectivity index (χ0n) is 5.73. The summed E-state index contributed by atoms with van der Waals surface area (Å²) in [4.78, 5) is 16.3. The van der Waals surface area contributed by atoms with Gasteiger partial charge in [-0.1, -0.05) is 0 Å². The molecule has 0 aliphatic rings. The molecule has 0 aromatic carbocycles. The summed E-state index contributed by atoms with van der Waals surface area (Å²) in [6, 6.07) is 0. The largest absolute Gasteiger partial charge is 0.296 e. The molecule has 1 N–H and O–H groups in total. The van der Waals surface area contributed by atoms with Crippen LogP contribution in [0, 0.1) is 19.8 Å². The molecule has 0 atom stereocenters. The first-order chi connectivity index (χ1) is 4.61. The molecule has 1 aromatic rings. The SMILES string of the molecule is Cc1nc(C)c(=O)[nH]c1F. The molecule has 0 radical (unpaired) electrons. The maximum atomic E-state index is 12.4. The van der Waals surface area contributed by atoms with Crippen LogP contribution < -0.4 is 5.56 Å². The predicted molar refractivity (Wildman–Crippen MR) is 34.3 cm³/mol. The number of aryl methyl sites for hydroxylation is 2. The molecule has 0 amide bonds. The minimum atomic E-state index is -0.657.